The Balaban J connectivity index is 1.40. The zero-order chi connectivity index (χ0) is 33.9. The van der Waals surface area contributed by atoms with Crippen LogP contribution in [0.15, 0.2) is 70.6 Å². The number of hydrogen-bond donors (Lipinski definition) is 1. The van der Waals surface area contributed by atoms with E-state index in [-0.39, 0.29) is 28.4 Å². The SMILES string of the molecule is CCOc1cc([C@@H]2C(=C(O)c3ccc4c(c3)C[C@H](C)O4)C(=O)C(=O)N2c2nnc(SCc3ccc(F)cc3)s2)ccc1OCCC(C)C. The summed E-state index contributed by atoms with van der Waals surface area (Å²) in [5.74, 6) is 0.408. The summed E-state index contributed by atoms with van der Waals surface area (Å²) in [4.78, 5) is 28.9. The van der Waals surface area contributed by atoms with Crippen molar-refractivity contribution >= 4 is 45.7 Å². The number of ether oxygens (including phenoxy) is 3. The second-order valence-electron chi connectivity index (χ2n) is 12.1. The number of Topliss-reactive ketones (excluding diaryl/α,β-unsaturated/α-hetero) is 1. The summed E-state index contributed by atoms with van der Waals surface area (Å²) in [6, 6.07) is 15.7. The van der Waals surface area contributed by atoms with Crippen molar-refractivity contribution in [1.29, 1.82) is 0 Å². The third-order valence-electron chi connectivity index (χ3n) is 8.03. The first-order valence-electron chi connectivity index (χ1n) is 15.8. The van der Waals surface area contributed by atoms with Crippen molar-refractivity contribution < 1.29 is 33.3 Å². The summed E-state index contributed by atoms with van der Waals surface area (Å²) in [5.41, 5.74) is 2.67. The minimum absolute atomic E-state index is 0.00578. The van der Waals surface area contributed by atoms with Gasteiger partial charge in [0.1, 0.15) is 23.4 Å². The lowest BCUT2D eigenvalue weighted by atomic mass is 9.94. The average molecular weight is 690 g/mol. The summed E-state index contributed by atoms with van der Waals surface area (Å²) >= 11 is 2.54. The molecule has 48 heavy (non-hydrogen) atoms. The highest BCUT2D eigenvalue weighted by atomic mass is 32.2. The van der Waals surface area contributed by atoms with E-state index in [2.05, 4.69) is 24.0 Å². The summed E-state index contributed by atoms with van der Waals surface area (Å²) in [7, 11) is 0. The van der Waals surface area contributed by atoms with Crippen molar-refractivity contribution in [3.8, 4) is 17.2 Å². The Labute approximate surface area is 286 Å². The Kier molecular flexibility index (Phi) is 10.0. The Hall–Kier alpha value is -4.42. The predicted octanol–water partition coefficient (Wildman–Crippen LogP) is 7.74. The van der Waals surface area contributed by atoms with Gasteiger partial charge in [-0.15, -0.1) is 10.2 Å². The van der Waals surface area contributed by atoms with Crippen molar-refractivity contribution in [3.05, 3.63) is 94.3 Å². The fourth-order valence-corrected chi connectivity index (χ4v) is 7.46. The van der Waals surface area contributed by atoms with Crippen LogP contribution in [0.3, 0.4) is 0 Å². The fourth-order valence-electron chi connectivity index (χ4n) is 5.64. The van der Waals surface area contributed by atoms with E-state index in [1.165, 1.54) is 28.8 Å². The molecule has 1 N–H and O–H groups in total. The number of hydrogen-bond acceptors (Lipinski definition) is 10. The number of carbonyl (C=O) groups excluding carboxylic acids is 2. The molecule has 4 aromatic rings. The van der Waals surface area contributed by atoms with E-state index in [0.29, 0.717) is 58.3 Å². The minimum Gasteiger partial charge on any atom is -0.507 e. The highest BCUT2D eigenvalue weighted by Gasteiger charge is 2.48. The van der Waals surface area contributed by atoms with E-state index in [0.717, 1.165) is 34.6 Å². The Morgan fingerprint density at radius 1 is 1.08 bits per heavy atom. The van der Waals surface area contributed by atoms with Gasteiger partial charge in [-0.05, 0) is 85.3 Å². The molecule has 9 nitrogen and oxygen atoms in total. The molecule has 0 spiro atoms. The van der Waals surface area contributed by atoms with Crippen molar-refractivity contribution in [2.75, 3.05) is 18.1 Å². The number of halogens is 1. The second-order valence-corrected chi connectivity index (χ2v) is 14.2. The van der Waals surface area contributed by atoms with Crippen LogP contribution >= 0.6 is 23.1 Å². The van der Waals surface area contributed by atoms with Crippen LogP contribution in [0, 0.1) is 11.7 Å². The van der Waals surface area contributed by atoms with Gasteiger partial charge in [0.05, 0.1) is 24.8 Å². The third kappa shape index (κ3) is 7.05. The van der Waals surface area contributed by atoms with E-state index in [1.54, 1.807) is 48.5 Å². The molecule has 0 radical (unpaired) electrons. The van der Waals surface area contributed by atoms with Crippen LogP contribution in [0.25, 0.3) is 5.76 Å². The molecule has 0 saturated carbocycles. The number of benzene rings is 3. The molecule has 2 atom stereocenters. The van der Waals surface area contributed by atoms with Crippen LogP contribution in [-0.2, 0) is 21.8 Å². The quantitative estimate of drug-likeness (QED) is 0.0525. The van der Waals surface area contributed by atoms with E-state index >= 15 is 0 Å². The van der Waals surface area contributed by atoms with Gasteiger partial charge in [0.25, 0.3) is 5.78 Å². The van der Waals surface area contributed by atoms with E-state index in [9.17, 15) is 19.1 Å². The van der Waals surface area contributed by atoms with Crippen molar-refractivity contribution in [3.63, 3.8) is 0 Å². The normalized spacial score (nSPS) is 18.3. The molecule has 1 fully saturated rings. The van der Waals surface area contributed by atoms with Gasteiger partial charge in [0.2, 0.25) is 5.13 Å². The lowest BCUT2D eigenvalue weighted by Gasteiger charge is -2.24. The minimum atomic E-state index is -1.03. The van der Waals surface area contributed by atoms with Gasteiger partial charge in [-0.3, -0.25) is 14.5 Å². The number of aliphatic hydroxyl groups excluding tert-OH is 1. The number of amides is 1. The van der Waals surface area contributed by atoms with Crippen LogP contribution in [0.5, 0.6) is 17.2 Å². The van der Waals surface area contributed by atoms with Gasteiger partial charge in [0, 0.05) is 17.7 Å². The van der Waals surface area contributed by atoms with Gasteiger partial charge >= 0.3 is 5.91 Å². The number of anilines is 1. The topological polar surface area (TPSA) is 111 Å². The largest absolute Gasteiger partial charge is 0.507 e. The number of thioether (sulfide) groups is 1. The smallest absolute Gasteiger partial charge is 0.301 e. The monoisotopic (exact) mass is 689 g/mol. The fraction of sp³-hybridized carbons (Fsp3) is 0.333. The average Bonchev–Trinajstić information content (AvgIpc) is 3.75. The molecule has 1 amide bonds. The van der Waals surface area contributed by atoms with Crippen molar-refractivity contribution in [2.24, 2.45) is 5.92 Å². The molecular weight excluding hydrogens is 654 g/mol. The molecule has 0 aliphatic carbocycles. The number of nitrogens with zero attached hydrogens (tertiary/aromatic N) is 3. The first-order chi connectivity index (χ1) is 23.1. The van der Waals surface area contributed by atoms with E-state index in [1.807, 2.05) is 13.8 Å². The van der Waals surface area contributed by atoms with Gasteiger partial charge in [0.15, 0.2) is 15.8 Å². The van der Waals surface area contributed by atoms with Crippen LogP contribution in [-0.4, -0.2) is 46.3 Å². The summed E-state index contributed by atoms with van der Waals surface area (Å²) < 4.78 is 31.8. The second kappa shape index (κ2) is 14.4. The highest BCUT2D eigenvalue weighted by molar-refractivity contribution is 8.00. The zero-order valence-corrected chi connectivity index (χ0v) is 28.7. The molecule has 0 bridgehead atoms. The Morgan fingerprint density at radius 3 is 2.62 bits per heavy atom. The van der Waals surface area contributed by atoms with E-state index in [4.69, 9.17) is 14.2 Å². The van der Waals surface area contributed by atoms with Crippen molar-refractivity contribution in [2.45, 2.75) is 62.8 Å². The molecule has 3 heterocycles. The lowest BCUT2D eigenvalue weighted by molar-refractivity contribution is -0.132. The summed E-state index contributed by atoms with van der Waals surface area (Å²) in [5, 5.41) is 20.5. The van der Waals surface area contributed by atoms with Gasteiger partial charge in [-0.25, -0.2) is 4.39 Å². The summed E-state index contributed by atoms with van der Waals surface area (Å²) in [6.45, 7) is 8.93. The molecule has 1 saturated heterocycles. The van der Waals surface area contributed by atoms with Crippen molar-refractivity contribution in [1.82, 2.24) is 10.2 Å². The van der Waals surface area contributed by atoms with Gasteiger partial charge in [-0.2, -0.15) is 0 Å². The molecular formula is C36H36FN3O6S2. The molecule has 12 heteroatoms. The standard InChI is InChI=1S/C36H36FN3O6S2/c1-5-44-29-18-23(8-13-28(29)45-15-14-20(2)3)31-30(32(41)24-9-12-27-25(17-24)16-21(4)46-27)33(42)34(43)40(31)35-38-39-36(48-35)47-19-22-6-10-26(37)11-7-22/h6-13,17-18,20-21,31,41H,5,14-16,19H2,1-4H3/t21-,31+/m0/s1. The zero-order valence-electron chi connectivity index (χ0n) is 27.1. The Bertz CT molecular complexity index is 1860. The summed E-state index contributed by atoms with van der Waals surface area (Å²) in [6.07, 6.45) is 1.51. The maximum absolute atomic E-state index is 13.8. The molecule has 1 aromatic heterocycles. The highest BCUT2D eigenvalue weighted by Crippen LogP contribution is 2.46. The first-order valence-corrected chi connectivity index (χ1v) is 17.6. The number of ketones is 1. The maximum atomic E-state index is 13.8. The van der Waals surface area contributed by atoms with Crippen LogP contribution in [0.4, 0.5) is 9.52 Å². The molecule has 2 aliphatic heterocycles. The maximum Gasteiger partial charge on any atom is 0.301 e. The molecule has 0 unspecified atom stereocenters. The molecule has 3 aromatic carbocycles. The number of aromatic nitrogens is 2. The van der Waals surface area contributed by atoms with Crippen LogP contribution < -0.4 is 19.1 Å². The van der Waals surface area contributed by atoms with E-state index < -0.39 is 17.7 Å². The number of fused-ring (bicyclic) bond motifs is 1. The number of rotatable bonds is 12. The lowest BCUT2D eigenvalue weighted by Crippen LogP contribution is -2.29. The third-order valence-corrected chi connectivity index (χ3v) is 10.2. The first kappa shape index (κ1) is 33.5. The van der Waals surface area contributed by atoms with Gasteiger partial charge < -0.3 is 19.3 Å². The van der Waals surface area contributed by atoms with Crippen LogP contribution in [0.2, 0.25) is 0 Å². The van der Waals surface area contributed by atoms with Gasteiger partial charge in [-0.1, -0.05) is 55.1 Å². The molecule has 6 rings (SSSR count). The molecule has 2 aliphatic rings. The van der Waals surface area contributed by atoms with Crippen LogP contribution in [0.1, 0.15) is 62.4 Å². The number of carbonyl (C=O) groups is 2. The predicted molar refractivity (Wildman–Crippen MR) is 183 cm³/mol. The Morgan fingerprint density at radius 2 is 1.88 bits per heavy atom. The molecule has 250 valence electrons. The number of aliphatic hydroxyl groups is 1.